The zero-order chi connectivity index (χ0) is 20.4. The summed E-state index contributed by atoms with van der Waals surface area (Å²) in [7, 11) is 0. The molecule has 0 saturated heterocycles. The van der Waals surface area contributed by atoms with Gasteiger partial charge in [-0.15, -0.1) is 6.42 Å². The molecule has 0 aliphatic rings. The van der Waals surface area contributed by atoms with E-state index in [9.17, 15) is 15.0 Å². The summed E-state index contributed by atoms with van der Waals surface area (Å²) in [6.45, 7) is 0. The molecule has 0 atom stereocenters. The van der Waals surface area contributed by atoms with Gasteiger partial charge in [-0.2, -0.15) is 0 Å². The van der Waals surface area contributed by atoms with Crippen LogP contribution in [0.1, 0.15) is 17.0 Å². The minimum atomic E-state index is -0.272. The summed E-state index contributed by atoms with van der Waals surface area (Å²) in [5.74, 6) is 2.75. The van der Waals surface area contributed by atoms with Crippen molar-refractivity contribution < 1.29 is 10.2 Å². The van der Waals surface area contributed by atoms with Crippen molar-refractivity contribution in [1.82, 2.24) is 14.5 Å². The van der Waals surface area contributed by atoms with E-state index in [1.807, 2.05) is 0 Å². The largest absolute Gasteiger partial charge is 0.508 e. The van der Waals surface area contributed by atoms with Gasteiger partial charge >= 0.3 is 0 Å². The molecular formula is C23H15N3O3. The van der Waals surface area contributed by atoms with Gasteiger partial charge in [0.25, 0.3) is 5.56 Å². The van der Waals surface area contributed by atoms with E-state index < -0.39 is 0 Å². The molecule has 6 heteroatoms. The Bertz CT molecular complexity index is 1350. The molecule has 4 aromatic rings. The molecule has 0 bridgehead atoms. The molecule has 2 heterocycles. The molecule has 0 aliphatic carbocycles. The van der Waals surface area contributed by atoms with E-state index in [1.165, 1.54) is 16.7 Å². The Labute approximate surface area is 166 Å². The van der Waals surface area contributed by atoms with Crippen LogP contribution in [0.15, 0.2) is 65.6 Å². The Morgan fingerprint density at radius 3 is 2.55 bits per heavy atom. The molecule has 0 aliphatic heterocycles. The molecule has 2 N–H and O–H groups in total. The van der Waals surface area contributed by atoms with Crippen LogP contribution in [0.2, 0.25) is 0 Å². The van der Waals surface area contributed by atoms with Gasteiger partial charge in [0.1, 0.15) is 17.3 Å². The second kappa shape index (κ2) is 7.33. The van der Waals surface area contributed by atoms with Gasteiger partial charge in [-0.05, 0) is 60.7 Å². The van der Waals surface area contributed by atoms with Crippen LogP contribution in [-0.4, -0.2) is 24.7 Å². The normalized spacial score (nSPS) is 11.0. The number of hydrogen-bond donors (Lipinski definition) is 2. The highest BCUT2D eigenvalue weighted by Gasteiger charge is 2.12. The van der Waals surface area contributed by atoms with Crippen LogP contribution in [0.25, 0.3) is 28.9 Å². The van der Waals surface area contributed by atoms with Gasteiger partial charge in [0.05, 0.1) is 11.1 Å². The van der Waals surface area contributed by atoms with Gasteiger partial charge in [-0.1, -0.05) is 5.92 Å². The van der Waals surface area contributed by atoms with Crippen molar-refractivity contribution in [2.24, 2.45) is 0 Å². The van der Waals surface area contributed by atoms with Gasteiger partial charge in [0.15, 0.2) is 5.65 Å². The highest BCUT2D eigenvalue weighted by molar-refractivity contribution is 5.77. The fraction of sp³-hybridized carbons (Fsp3) is 0. The second-order valence-corrected chi connectivity index (χ2v) is 6.25. The lowest BCUT2D eigenvalue weighted by Crippen LogP contribution is -2.22. The number of nitrogens with zero attached hydrogens (tertiary/aromatic N) is 3. The first-order valence-electron chi connectivity index (χ1n) is 8.72. The molecule has 0 amide bonds. The number of phenolic OH excluding ortho intramolecular Hbond substituents is 2. The molecule has 0 radical (unpaired) electrons. The second-order valence-electron chi connectivity index (χ2n) is 6.25. The summed E-state index contributed by atoms with van der Waals surface area (Å²) in [6, 6.07) is 14.6. The van der Waals surface area contributed by atoms with Crippen molar-refractivity contribution in [3.63, 3.8) is 0 Å². The molecule has 0 unspecified atom stereocenters. The maximum absolute atomic E-state index is 13.2. The summed E-state index contributed by atoms with van der Waals surface area (Å²) in [5, 5.41) is 19.8. The lowest BCUT2D eigenvalue weighted by Gasteiger charge is -2.11. The highest BCUT2D eigenvalue weighted by atomic mass is 16.3. The smallest absolute Gasteiger partial charge is 0.267 e. The zero-order valence-corrected chi connectivity index (χ0v) is 15.1. The summed E-state index contributed by atoms with van der Waals surface area (Å²) in [6.07, 6.45) is 10.2. The molecular weight excluding hydrogens is 366 g/mol. The third kappa shape index (κ3) is 3.45. The van der Waals surface area contributed by atoms with Gasteiger partial charge in [0.2, 0.25) is 0 Å². The number of phenols is 2. The van der Waals surface area contributed by atoms with E-state index in [2.05, 4.69) is 15.9 Å². The van der Waals surface area contributed by atoms with E-state index in [1.54, 1.807) is 60.8 Å². The number of fused-ring (bicyclic) bond motifs is 1. The third-order valence-electron chi connectivity index (χ3n) is 4.39. The molecule has 4 rings (SSSR count). The SMILES string of the molecule is C#Cc1ccc(-n2c(/C=C/c3ccc(O)cc3O)nc3ncccc3c2=O)cc1. The van der Waals surface area contributed by atoms with E-state index in [4.69, 9.17) is 6.42 Å². The van der Waals surface area contributed by atoms with E-state index in [0.717, 1.165) is 0 Å². The molecule has 0 fully saturated rings. The van der Waals surface area contributed by atoms with Crippen LogP contribution < -0.4 is 5.56 Å². The standard InChI is InChI=1S/C23H15N3O3/c1-2-15-5-9-17(10-6-15)26-21(12-8-16-7-11-18(27)14-20(16)28)25-22-19(23(26)29)4-3-13-24-22/h1,3-14,27-28H/b12-8+. The molecule has 2 aromatic carbocycles. The maximum Gasteiger partial charge on any atom is 0.267 e. The van der Waals surface area contributed by atoms with Gasteiger partial charge in [0, 0.05) is 23.4 Å². The van der Waals surface area contributed by atoms with E-state index in [-0.39, 0.29) is 17.1 Å². The number of aromatic hydroxyl groups is 2. The number of hydrogen-bond acceptors (Lipinski definition) is 5. The van der Waals surface area contributed by atoms with Crippen molar-refractivity contribution in [3.05, 3.63) is 88.1 Å². The highest BCUT2D eigenvalue weighted by Crippen LogP contribution is 2.24. The maximum atomic E-state index is 13.2. The fourth-order valence-electron chi connectivity index (χ4n) is 2.94. The summed E-state index contributed by atoms with van der Waals surface area (Å²) < 4.78 is 1.46. The number of terminal acetylenes is 1. The van der Waals surface area contributed by atoms with Crippen LogP contribution in [-0.2, 0) is 0 Å². The number of benzene rings is 2. The Morgan fingerprint density at radius 1 is 1.03 bits per heavy atom. The monoisotopic (exact) mass is 381 g/mol. The Kier molecular flexibility index (Phi) is 4.55. The molecule has 29 heavy (non-hydrogen) atoms. The molecule has 6 nitrogen and oxygen atoms in total. The molecule has 140 valence electrons. The first kappa shape index (κ1) is 18.0. The topological polar surface area (TPSA) is 88.2 Å². The number of aromatic nitrogens is 3. The Hall–Kier alpha value is -4.37. The minimum Gasteiger partial charge on any atom is -0.508 e. The third-order valence-corrected chi connectivity index (χ3v) is 4.39. The van der Waals surface area contributed by atoms with Gasteiger partial charge in [-0.3, -0.25) is 9.36 Å². The van der Waals surface area contributed by atoms with Crippen molar-refractivity contribution in [2.75, 3.05) is 0 Å². The van der Waals surface area contributed by atoms with E-state index in [0.29, 0.717) is 33.7 Å². The Balaban J connectivity index is 1.92. The summed E-state index contributed by atoms with van der Waals surface area (Å²) in [4.78, 5) is 21.8. The van der Waals surface area contributed by atoms with Gasteiger partial charge in [-0.25, -0.2) is 9.97 Å². The average Bonchev–Trinajstić information content (AvgIpc) is 2.73. The summed E-state index contributed by atoms with van der Waals surface area (Å²) in [5.41, 5.74) is 1.81. The van der Waals surface area contributed by atoms with Gasteiger partial charge < -0.3 is 10.2 Å². The number of pyridine rings is 1. The Morgan fingerprint density at radius 2 is 1.83 bits per heavy atom. The average molecular weight is 381 g/mol. The van der Waals surface area contributed by atoms with Crippen LogP contribution in [0.3, 0.4) is 0 Å². The van der Waals surface area contributed by atoms with Crippen molar-refractivity contribution >= 4 is 23.2 Å². The lowest BCUT2D eigenvalue weighted by molar-refractivity contribution is 0.450. The molecule has 0 saturated carbocycles. The minimum absolute atomic E-state index is 0.0433. The van der Waals surface area contributed by atoms with Crippen LogP contribution >= 0.6 is 0 Å². The summed E-state index contributed by atoms with van der Waals surface area (Å²) >= 11 is 0. The van der Waals surface area contributed by atoms with Crippen LogP contribution in [0, 0.1) is 12.3 Å². The first-order valence-corrected chi connectivity index (χ1v) is 8.72. The predicted octanol–water partition coefficient (Wildman–Crippen LogP) is 3.34. The fourth-order valence-corrected chi connectivity index (χ4v) is 2.94. The van der Waals surface area contributed by atoms with E-state index >= 15 is 0 Å². The zero-order valence-electron chi connectivity index (χ0n) is 15.1. The van der Waals surface area contributed by atoms with Crippen molar-refractivity contribution in [3.8, 4) is 29.5 Å². The first-order chi connectivity index (χ1) is 14.1. The van der Waals surface area contributed by atoms with Crippen molar-refractivity contribution in [1.29, 1.82) is 0 Å². The van der Waals surface area contributed by atoms with Crippen LogP contribution in [0.5, 0.6) is 11.5 Å². The quantitative estimate of drug-likeness (QED) is 0.532. The lowest BCUT2D eigenvalue weighted by atomic mass is 10.1. The predicted molar refractivity (Wildman–Crippen MR) is 112 cm³/mol. The molecule has 0 spiro atoms. The van der Waals surface area contributed by atoms with Crippen molar-refractivity contribution in [2.45, 2.75) is 0 Å². The van der Waals surface area contributed by atoms with Crippen LogP contribution in [0.4, 0.5) is 0 Å². The molecule has 2 aromatic heterocycles. The number of rotatable bonds is 3.